The fourth-order valence-electron chi connectivity index (χ4n) is 2.75. The molecule has 3 aromatic rings. The van der Waals surface area contributed by atoms with Crippen LogP contribution in [0.15, 0.2) is 28.8 Å². The highest BCUT2D eigenvalue weighted by atomic mass is 16.5. The largest absolute Gasteiger partial charge is 0.378 e. The maximum absolute atomic E-state index is 5.55. The topological polar surface area (TPSA) is 51.4 Å². The monoisotopic (exact) mass is 269 g/mol. The minimum atomic E-state index is 0.736. The third-order valence-corrected chi connectivity index (χ3v) is 3.77. The van der Waals surface area contributed by atoms with Crippen LogP contribution in [-0.4, -0.2) is 36.4 Å². The highest BCUT2D eigenvalue weighted by molar-refractivity contribution is 6.07. The van der Waals surface area contributed by atoms with Gasteiger partial charge in [-0.05, 0) is 19.1 Å². The summed E-state index contributed by atoms with van der Waals surface area (Å²) in [6.45, 7) is 5.14. The van der Waals surface area contributed by atoms with E-state index in [2.05, 4.69) is 10.1 Å². The van der Waals surface area contributed by atoms with Crippen LogP contribution in [0.4, 0.5) is 5.82 Å². The number of hydrogen-bond donors (Lipinski definition) is 0. The molecule has 102 valence electrons. The zero-order chi connectivity index (χ0) is 13.5. The first-order valence-electron chi connectivity index (χ1n) is 6.82. The number of nitrogens with zero attached hydrogens (tertiary/aromatic N) is 3. The number of ether oxygens (including phenoxy) is 1. The van der Waals surface area contributed by atoms with Gasteiger partial charge in [0.05, 0.1) is 29.8 Å². The molecule has 1 saturated heterocycles. The van der Waals surface area contributed by atoms with Crippen molar-refractivity contribution in [1.29, 1.82) is 0 Å². The Morgan fingerprint density at radius 1 is 1.15 bits per heavy atom. The van der Waals surface area contributed by atoms with E-state index in [1.807, 2.05) is 31.2 Å². The van der Waals surface area contributed by atoms with Crippen LogP contribution in [0.3, 0.4) is 0 Å². The molecule has 1 aromatic carbocycles. The molecule has 0 unspecified atom stereocenters. The van der Waals surface area contributed by atoms with Crippen molar-refractivity contribution < 1.29 is 9.26 Å². The summed E-state index contributed by atoms with van der Waals surface area (Å²) in [5.74, 6) is 0.959. The van der Waals surface area contributed by atoms with Gasteiger partial charge in [-0.1, -0.05) is 17.3 Å². The van der Waals surface area contributed by atoms with Crippen molar-refractivity contribution in [3.63, 3.8) is 0 Å². The second-order valence-electron chi connectivity index (χ2n) is 5.02. The molecule has 5 nitrogen and oxygen atoms in total. The molecule has 0 bridgehead atoms. The van der Waals surface area contributed by atoms with Crippen molar-refractivity contribution in [2.75, 3.05) is 31.2 Å². The van der Waals surface area contributed by atoms with Crippen LogP contribution < -0.4 is 4.90 Å². The Labute approximate surface area is 116 Å². The fraction of sp³-hybridized carbons (Fsp3) is 0.333. The van der Waals surface area contributed by atoms with Gasteiger partial charge in [0.1, 0.15) is 5.82 Å². The fourth-order valence-corrected chi connectivity index (χ4v) is 2.75. The molecule has 0 amide bonds. The SMILES string of the molecule is Cc1noc2c1c(N1CCOCC1)nc1ccccc12. The summed E-state index contributed by atoms with van der Waals surface area (Å²) < 4.78 is 11.0. The third-order valence-electron chi connectivity index (χ3n) is 3.77. The molecule has 2 aromatic heterocycles. The van der Waals surface area contributed by atoms with Crippen molar-refractivity contribution in [2.24, 2.45) is 0 Å². The van der Waals surface area contributed by atoms with Crippen LogP contribution in [0.1, 0.15) is 5.69 Å². The third kappa shape index (κ3) is 1.67. The van der Waals surface area contributed by atoms with Gasteiger partial charge in [0.25, 0.3) is 0 Å². The van der Waals surface area contributed by atoms with E-state index in [4.69, 9.17) is 14.2 Å². The lowest BCUT2D eigenvalue weighted by atomic mass is 10.1. The Morgan fingerprint density at radius 3 is 2.80 bits per heavy atom. The number of anilines is 1. The van der Waals surface area contributed by atoms with E-state index in [1.54, 1.807) is 0 Å². The van der Waals surface area contributed by atoms with Crippen LogP contribution >= 0.6 is 0 Å². The number of rotatable bonds is 1. The summed E-state index contributed by atoms with van der Waals surface area (Å²) in [5, 5.41) is 6.16. The Morgan fingerprint density at radius 2 is 1.95 bits per heavy atom. The summed E-state index contributed by atoms with van der Waals surface area (Å²) >= 11 is 0. The van der Waals surface area contributed by atoms with Crippen molar-refractivity contribution in [3.05, 3.63) is 30.0 Å². The van der Waals surface area contributed by atoms with Crippen molar-refractivity contribution in [3.8, 4) is 0 Å². The van der Waals surface area contributed by atoms with Gasteiger partial charge in [-0.25, -0.2) is 4.98 Å². The molecule has 5 heteroatoms. The van der Waals surface area contributed by atoms with E-state index in [1.165, 1.54) is 0 Å². The number of aromatic nitrogens is 2. The molecule has 1 aliphatic heterocycles. The summed E-state index contributed by atoms with van der Waals surface area (Å²) in [6.07, 6.45) is 0. The highest BCUT2D eigenvalue weighted by Gasteiger charge is 2.21. The van der Waals surface area contributed by atoms with Gasteiger partial charge in [-0.15, -0.1) is 0 Å². The number of hydrogen-bond acceptors (Lipinski definition) is 5. The normalized spacial score (nSPS) is 16.1. The van der Waals surface area contributed by atoms with Crippen LogP contribution in [-0.2, 0) is 4.74 Å². The predicted octanol–water partition coefficient (Wildman–Crippen LogP) is 2.52. The molecule has 4 rings (SSSR count). The molecule has 20 heavy (non-hydrogen) atoms. The Bertz CT molecular complexity index is 775. The standard InChI is InChI=1S/C15H15N3O2/c1-10-13-14(20-17-10)11-4-2-3-5-12(11)16-15(13)18-6-8-19-9-7-18/h2-5H,6-9H2,1H3. The van der Waals surface area contributed by atoms with E-state index in [0.29, 0.717) is 0 Å². The van der Waals surface area contributed by atoms with Crippen LogP contribution in [0.2, 0.25) is 0 Å². The minimum absolute atomic E-state index is 0.736. The molecule has 0 spiro atoms. The summed E-state index contributed by atoms with van der Waals surface area (Å²) in [4.78, 5) is 7.08. The number of para-hydroxylation sites is 1. The van der Waals surface area contributed by atoms with Crippen LogP contribution in [0.25, 0.3) is 21.9 Å². The molecule has 1 fully saturated rings. The summed E-state index contributed by atoms with van der Waals surface area (Å²) in [7, 11) is 0. The Hall–Kier alpha value is -2.14. The van der Waals surface area contributed by atoms with Crippen molar-refractivity contribution in [1.82, 2.24) is 10.1 Å². The smallest absolute Gasteiger partial charge is 0.180 e. The Balaban J connectivity index is 2.03. The van der Waals surface area contributed by atoms with Gasteiger partial charge < -0.3 is 14.2 Å². The molecule has 0 saturated carbocycles. The number of aryl methyl sites for hydroxylation is 1. The molecular formula is C15H15N3O2. The van der Waals surface area contributed by atoms with Crippen molar-refractivity contribution >= 4 is 27.7 Å². The molecule has 0 N–H and O–H groups in total. The lowest BCUT2D eigenvalue weighted by Crippen LogP contribution is -2.36. The van der Waals surface area contributed by atoms with Gasteiger partial charge in [0.2, 0.25) is 0 Å². The first-order valence-corrected chi connectivity index (χ1v) is 6.82. The van der Waals surface area contributed by atoms with Crippen LogP contribution in [0.5, 0.6) is 0 Å². The van der Waals surface area contributed by atoms with E-state index < -0.39 is 0 Å². The van der Waals surface area contributed by atoms with Gasteiger partial charge in [-0.3, -0.25) is 0 Å². The average molecular weight is 269 g/mol. The van der Waals surface area contributed by atoms with Gasteiger partial charge in [0.15, 0.2) is 5.58 Å². The lowest BCUT2D eigenvalue weighted by molar-refractivity contribution is 0.122. The molecule has 0 atom stereocenters. The number of morpholine rings is 1. The Kier molecular flexibility index (Phi) is 2.60. The van der Waals surface area contributed by atoms with Crippen LogP contribution in [0, 0.1) is 6.92 Å². The first kappa shape index (κ1) is 11.7. The molecule has 1 aliphatic rings. The maximum atomic E-state index is 5.55. The molecule has 0 aliphatic carbocycles. The zero-order valence-electron chi connectivity index (χ0n) is 11.3. The van der Waals surface area contributed by atoms with E-state index in [-0.39, 0.29) is 0 Å². The van der Waals surface area contributed by atoms with Crippen molar-refractivity contribution in [2.45, 2.75) is 6.92 Å². The average Bonchev–Trinajstić information content (AvgIpc) is 2.90. The van der Waals surface area contributed by atoms with E-state index in [9.17, 15) is 0 Å². The molecular weight excluding hydrogens is 254 g/mol. The predicted molar refractivity (Wildman–Crippen MR) is 77.1 cm³/mol. The highest BCUT2D eigenvalue weighted by Crippen LogP contribution is 2.33. The summed E-state index contributed by atoms with van der Waals surface area (Å²) in [6, 6.07) is 8.03. The van der Waals surface area contributed by atoms with E-state index in [0.717, 1.165) is 59.7 Å². The maximum Gasteiger partial charge on any atom is 0.180 e. The van der Waals surface area contributed by atoms with E-state index >= 15 is 0 Å². The number of pyridine rings is 1. The van der Waals surface area contributed by atoms with Gasteiger partial charge >= 0.3 is 0 Å². The first-order chi connectivity index (χ1) is 9.84. The van der Waals surface area contributed by atoms with Gasteiger partial charge in [-0.2, -0.15) is 0 Å². The zero-order valence-corrected chi connectivity index (χ0v) is 11.3. The minimum Gasteiger partial charge on any atom is -0.378 e. The number of benzene rings is 1. The lowest BCUT2D eigenvalue weighted by Gasteiger charge is -2.28. The number of fused-ring (bicyclic) bond motifs is 3. The molecule has 0 radical (unpaired) electrons. The second-order valence-corrected chi connectivity index (χ2v) is 5.02. The quantitative estimate of drug-likeness (QED) is 0.679. The second kappa shape index (κ2) is 4.45. The molecule has 3 heterocycles. The summed E-state index contributed by atoms with van der Waals surface area (Å²) in [5.41, 5.74) is 2.66. The van der Waals surface area contributed by atoms with Gasteiger partial charge in [0, 0.05) is 18.5 Å².